The first-order valence-corrected chi connectivity index (χ1v) is 20.7. The van der Waals surface area contributed by atoms with Crippen molar-refractivity contribution in [3.63, 3.8) is 0 Å². The summed E-state index contributed by atoms with van der Waals surface area (Å²) in [6, 6.07) is 24.9. The number of phenols is 1. The second-order valence-corrected chi connectivity index (χ2v) is 15.7. The van der Waals surface area contributed by atoms with E-state index >= 15 is 0 Å². The van der Waals surface area contributed by atoms with E-state index in [4.69, 9.17) is 0 Å². The highest BCUT2D eigenvalue weighted by Crippen LogP contribution is 2.26. The zero-order valence-electron chi connectivity index (χ0n) is 35.4. The van der Waals surface area contributed by atoms with Crippen molar-refractivity contribution in [1.29, 1.82) is 0 Å². The van der Waals surface area contributed by atoms with Crippen LogP contribution in [0.4, 0.5) is 5.69 Å². The Bertz CT molecular complexity index is 2360. The fourth-order valence-electron chi connectivity index (χ4n) is 6.88. The molecule has 328 valence electrons. The number of carboxylic acid groups (broad SMARTS) is 1. The summed E-state index contributed by atoms with van der Waals surface area (Å²) in [6.45, 7) is 4.70. The van der Waals surface area contributed by atoms with Gasteiger partial charge in [0.25, 0.3) is 0 Å². The number of carbonyl (C=O) groups is 7. The van der Waals surface area contributed by atoms with Gasteiger partial charge in [0.1, 0.15) is 29.9 Å². The summed E-state index contributed by atoms with van der Waals surface area (Å²) < 4.78 is 0. The maximum absolute atomic E-state index is 13.8. The Labute approximate surface area is 366 Å². The van der Waals surface area contributed by atoms with Gasteiger partial charge in [-0.2, -0.15) is 0 Å². The fraction of sp³-hybridized carbons (Fsp3) is 0.312. The summed E-state index contributed by atoms with van der Waals surface area (Å²) in [5.41, 5.74) is 4.21. The number of carboxylic acids is 1. The zero-order valence-corrected chi connectivity index (χ0v) is 35.4. The number of carbonyl (C=O) groups excluding carboxylic acids is 6. The van der Waals surface area contributed by atoms with Gasteiger partial charge in [0, 0.05) is 36.8 Å². The van der Waals surface area contributed by atoms with Gasteiger partial charge in [-0.05, 0) is 66.3 Å². The van der Waals surface area contributed by atoms with Crippen molar-refractivity contribution in [2.75, 3.05) is 11.4 Å². The first kappa shape index (κ1) is 46.6. The van der Waals surface area contributed by atoms with Crippen molar-refractivity contribution in [2.24, 2.45) is 5.92 Å². The van der Waals surface area contributed by atoms with Crippen molar-refractivity contribution in [1.82, 2.24) is 26.6 Å². The van der Waals surface area contributed by atoms with Crippen LogP contribution in [0.3, 0.4) is 0 Å². The van der Waals surface area contributed by atoms with Gasteiger partial charge < -0.3 is 41.7 Å². The quantitative estimate of drug-likeness (QED) is 0.0688. The maximum Gasteiger partial charge on any atom is 0.326 e. The van der Waals surface area contributed by atoms with Crippen LogP contribution >= 0.6 is 0 Å². The van der Waals surface area contributed by atoms with Crippen LogP contribution in [0.1, 0.15) is 67.9 Å². The number of hydrogen-bond donors (Lipinski definition) is 7. The summed E-state index contributed by atoms with van der Waals surface area (Å²) in [5, 5.41) is 32.3. The van der Waals surface area contributed by atoms with Crippen LogP contribution in [-0.2, 0) is 52.9 Å². The molecule has 0 bridgehead atoms. The topological polar surface area (TPSA) is 223 Å². The summed E-state index contributed by atoms with van der Waals surface area (Å²) >= 11 is 0. The molecule has 0 unspecified atom stereocenters. The molecular weight excluding hydrogens is 805 g/mol. The number of benzene rings is 4. The van der Waals surface area contributed by atoms with Gasteiger partial charge in [0.2, 0.25) is 35.4 Å². The van der Waals surface area contributed by atoms with Gasteiger partial charge >= 0.3 is 5.97 Å². The molecule has 0 spiro atoms. The number of nitrogens with one attached hydrogen (secondary N) is 5. The lowest BCUT2D eigenvalue weighted by Crippen LogP contribution is -2.56. The summed E-state index contributed by atoms with van der Waals surface area (Å²) in [5.74, 6) is 1.24. The molecule has 0 aliphatic carbocycles. The lowest BCUT2D eigenvalue weighted by molar-refractivity contribution is -0.142. The SMILES string of the molecule is CC(C)C[C@H](NC(=O)[C@H](Cc1ccccc1)NC(=O)CNC(=O)[C@H](C)NC(=O)[C@H](Cc1ccc(O)cc1)NC(=O)CCC(=O)N1Cc2ccccc2C#Cc2ccccc21)C(=O)O. The number of anilines is 1. The Balaban J connectivity index is 1.20. The number of aromatic hydroxyl groups is 1. The van der Waals surface area contributed by atoms with Gasteiger partial charge in [-0.3, -0.25) is 28.8 Å². The smallest absolute Gasteiger partial charge is 0.326 e. The largest absolute Gasteiger partial charge is 0.508 e. The molecule has 0 radical (unpaired) electrons. The molecular formula is C48H52N6O9. The standard InChI is InChI=1S/C48H52N6O9/c1-30(2)25-40(48(62)63)53-47(61)39(26-32-11-5-4-6-12-32)52-43(57)28-49-45(59)31(3)50-46(60)38(27-33-17-21-37(55)22-18-33)51-42(56)23-24-44(58)54-29-36-15-8-7-13-34(36)19-20-35-14-9-10-16-41(35)54/h4-18,21-22,30-31,38-40,55H,23-29H2,1-3H3,(H,49,59)(H,50,60)(H,51,56)(H,52,57)(H,53,61)(H,62,63)/t31-,38-,39-,40-/m0/s1. The van der Waals surface area contributed by atoms with Crippen LogP contribution in [0.25, 0.3) is 0 Å². The highest BCUT2D eigenvalue weighted by atomic mass is 16.4. The molecule has 0 saturated heterocycles. The number of rotatable bonds is 19. The van der Waals surface area contributed by atoms with Crippen LogP contribution in [-0.4, -0.2) is 82.3 Å². The molecule has 63 heavy (non-hydrogen) atoms. The molecule has 15 heteroatoms. The number of phenolic OH excluding ortho intramolecular Hbond substituents is 1. The lowest BCUT2D eigenvalue weighted by Gasteiger charge is -2.26. The fourth-order valence-corrected chi connectivity index (χ4v) is 6.88. The molecule has 15 nitrogen and oxygen atoms in total. The van der Waals surface area contributed by atoms with Gasteiger partial charge in [-0.25, -0.2) is 4.79 Å². The molecule has 1 heterocycles. The summed E-state index contributed by atoms with van der Waals surface area (Å²) in [6.07, 6.45) is -0.247. The lowest BCUT2D eigenvalue weighted by atomic mass is 10.0. The molecule has 7 N–H and O–H groups in total. The average Bonchev–Trinajstić information content (AvgIpc) is 3.25. The van der Waals surface area contributed by atoms with Crippen molar-refractivity contribution in [3.8, 4) is 17.6 Å². The van der Waals surface area contributed by atoms with Crippen LogP contribution < -0.4 is 31.5 Å². The second kappa shape index (κ2) is 22.4. The van der Waals surface area contributed by atoms with Gasteiger partial charge in [-0.1, -0.05) is 98.5 Å². The van der Waals surface area contributed by atoms with E-state index in [1.807, 2.05) is 56.3 Å². The minimum atomic E-state index is -1.21. The monoisotopic (exact) mass is 856 g/mol. The average molecular weight is 857 g/mol. The molecule has 4 aromatic rings. The van der Waals surface area contributed by atoms with E-state index in [2.05, 4.69) is 38.4 Å². The van der Waals surface area contributed by atoms with Crippen LogP contribution in [0, 0.1) is 17.8 Å². The van der Waals surface area contributed by atoms with Crippen molar-refractivity contribution >= 4 is 47.1 Å². The first-order valence-electron chi connectivity index (χ1n) is 20.7. The third kappa shape index (κ3) is 14.0. The molecule has 0 saturated carbocycles. The molecule has 6 amide bonds. The Morgan fingerprint density at radius 3 is 1.86 bits per heavy atom. The van der Waals surface area contributed by atoms with E-state index in [1.165, 1.54) is 19.1 Å². The number of aliphatic carboxylic acids is 1. The minimum Gasteiger partial charge on any atom is -0.508 e. The Kier molecular flexibility index (Phi) is 16.6. The third-order valence-corrected chi connectivity index (χ3v) is 10.2. The molecule has 4 atom stereocenters. The van der Waals surface area contributed by atoms with Gasteiger partial charge in [0.15, 0.2) is 0 Å². The third-order valence-electron chi connectivity index (χ3n) is 10.2. The predicted octanol–water partition coefficient (Wildman–Crippen LogP) is 3.11. The van der Waals surface area contributed by atoms with E-state index in [-0.39, 0.29) is 56.2 Å². The number of hydrogen-bond acceptors (Lipinski definition) is 8. The van der Waals surface area contributed by atoms with Crippen LogP contribution in [0.2, 0.25) is 0 Å². The van der Waals surface area contributed by atoms with E-state index in [9.17, 15) is 43.8 Å². The van der Waals surface area contributed by atoms with Crippen LogP contribution in [0.15, 0.2) is 103 Å². The van der Waals surface area contributed by atoms with E-state index < -0.39 is 66.2 Å². The number of amides is 6. The number of fused-ring (bicyclic) bond motifs is 2. The molecule has 4 aromatic carbocycles. The minimum absolute atomic E-state index is 0.00128. The van der Waals surface area contributed by atoms with Crippen molar-refractivity contribution in [2.45, 2.75) is 83.6 Å². The van der Waals surface area contributed by atoms with E-state index in [0.717, 1.165) is 11.1 Å². The molecule has 0 fully saturated rings. The zero-order chi connectivity index (χ0) is 45.5. The Morgan fingerprint density at radius 1 is 0.619 bits per heavy atom. The number of para-hydroxylation sites is 1. The van der Waals surface area contributed by atoms with Gasteiger partial charge in [0.05, 0.1) is 18.8 Å². The highest BCUT2D eigenvalue weighted by molar-refractivity contribution is 5.98. The number of nitrogens with zero attached hydrogens (tertiary/aromatic N) is 1. The first-order chi connectivity index (χ1) is 30.2. The Hall–Kier alpha value is -7.47. The van der Waals surface area contributed by atoms with E-state index in [0.29, 0.717) is 22.4 Å². The highest BCUT2D eigenvalue weighted by Gasteiger charge is 2.29. The maximum atomic E-state index is 13.8. The van der Waals surface area contributed by atoms with E-state index in [1.54, 1.807) is 53.4 Å². The molecule has 1 aliphatic rings. The normalized spacial score (nSPS) is 13.4. The predicted molar refractivity (Wildman–Crippen MR) is 235 cm³/mol. The second-order valence-electron chi connectivity index (χ2n) is 15.7. The molecule has 0 aromatic heterocycles. The molecule has 1 aliphatic heterocycles. The Morgan fingerprint density at radius 2 is 1.19 bits per heavy atom. The summed E-state index contributed by atoms with van der Waals surface area (Å²) in [4.78, 5) is 93.9. The van der Waals surface area contributed by atoms with Crippen LogP contribution in [0.5, 0.6) is 5.75 Å². The summed E-state index contributed by atoms with van der Waals surface area (Å²) in [7, 11) is 0. The van der Waals surface area contributed by atoms with Gasteiger partial charge in [-0.15, -0.1) is 0 Å². The van der Waals surface area contributed by atoms with Crippen molar-refractivity contribution in [3.05, 3.63) is 131 Å². The van der Waals surface area contributed by atoms with Crippen molar-refractivity contribution < 1.29 is 43.8 Å². The molecule has 5 rings (SSSR count).